The van der Waals surface area contributed by atoms with Crippen LogP contribution in [0, 0.1) is 0 Å². The van der Waals surface area contributed by atoms with E-state index in [1.807, 2.05) is 6.07 Å². The van der Waals surface area contributed by atoms with Crippen molar-refractivity contribution in [3.63, 3.8) is 0 Å². The maximum absolute atomic E-state index is 11.9. The summed E-state index contributed by atoms with van der Waals surface area (Å²) in [6.45, 7) is 0.399. The minimum absolute atomic E-state index is 0.177. The van der Waals surface area contributed by atoms with Gasteiger partial charge in [0.25, 0.3) is 5.91 Å². The van der Waals surface area contributed by atoms with Crippen LogP contribution in [0.5, 0.6) is 0 Å². The SMILES string of the molecule is NCCN1C(=O)O[C@@H](Cc2ccccc2Cl)C1=O. The Bertz CT molecular complexity index is 478. The average molecular weight is 269 g/mol. The van der Waals surface area contributed by atoms with Crippen molar-refractivity contribution < 1.29 is 14.3 Å². The Kier molecular flexibility index (Phi) is 3.84. The Morgan fingerprint density at radius 1 is 1.33 bits per heavy atom. The normalized spacial score (nSPS) is 19.2. The summed E-state index contributed by atoms with van der Waals surface area (Å²) in [6.07, 6.45) is -1.16. The van der Waals surface area contributed by atoms with Crippen molar-refractivity contribution >= 4 is 23.6 Å². The largest absolute Gasteiger partial charge is 0.435 e. The van der Waals surface area contributed by atoms with Crippen molar-refractivity contribution in [2.45, 2.75) is 12.5 Å². The first-order valence-electron chi connectivity index (χ1n) is 5.59. The molecule has 96 valence electrons. The maximum atomic E-state index is 11.9. The van der Waals surface area contributed by atoms with Gasteiger partial charge in [-0.15, -0.1) is 0 Å². The van der Waals surface area contributed by atoms with Crippen LogP contribution in [-0.2, 0) is 16.0 Å². The highest BCUT2D eigenvalue weighted by Crippen LogP contribution is 2.21. The lowest BCUT2D eigenvalue weighted by molar-refractivity contribution is -0.129. The first kappa shape index (κ1) is 12.9. The van der Waals surface area contributed by atoms with Crippen LogP contribution in [0.1, 0.15) is 5.56 Å². The quantitative estimate of drug-likeness (QED) is 0.890. The Labute approximate surface area is 109 Å². The molecule has 0 saturated carbocycles. The molecular formula is C12H13ClN2O3. The van der Waals surface area contributed by atoms with Crippen LogP contribution in [0.15, 0.2) is 24.3 Å². The first-order chi connectivity index (χ1) is 8.63. The number of hydrogen-bond acceptors (Lipinski definition) is 4. The molecule has 1 heterocycles. The number of rotatable bonds is 4. The summed E-state index contributed by atoms with van der Waals surface area (Å²) in [5.41, 5.74) is 6.11. The number of nitrogens with zero attached hydrogens (tertiary/aromatic N) is 1. The molecule has 1 aliphatic rings. The Morgan fingerprint density at radius 2 is 2.06 bits per heavy atom. The predicted octanol–water partition coefficient (Wildman–Crippen LogP) is 1.19. The van der Waals surface area contributed by atoms with Crippen LogP contribution in [0.2, 0.25) is 5.02 Å². The van der Waals surface area contributed by atoms with Crippen LogP contribution in [0.3, 0.4) is 0 Å². The lowest BCUT2D eigenvalue weighted by Gasteiger charge is -2.09. The summed E-state index contributed by atoms with van der Waals surface area (Å²) in [6, 6.07) is 7.15. The second kappa shape index (κ2) is 5.37. The minimum Gasteiger partial charge on any atom is -0.435 e. The molecule has 0 bridgehead atoms. The van der Waals surface area contributed by atoms with Gasteiger partial charge in [0.1, 0.15) is 0 Å². The highest BCUT2D eigenvalue weighted by atomic mass is 35.5. The number of carbonyl (C=O) groups excluding carboxylic acids is 2. The van der Waals surface area contributed by atoms with Crippen LogP contribution < -0.4 is 5.73 Å². The molecular weight excluding hydrogens is 256 g/mol. The number of cyclic esters (lactones) is 1. The highest BCUT2D eigenvalue weighted by Gasteiger charge is 2.40. The van der Waals surface area contributed by atoms with E-state index in [-0.39, 0.29) is 25.4 Å². The van der Waals surface area contributed by atoms with Gasteiger partial charge in [-0.1, -0.05) is 29.8 Å². The van der Waals surface area contributed by atoms with Crippen LogP contribution in [-0.4, -0.2) is 36.1 Å². The van der Waals surface area contributed by atoms with Crippen molar-refractivity contribution in [1.29, 1.82) is 0 Å². The maximum Gasteiger partial charge on any atom is 0.417 e. The van der Waals surface area contributed by atoms with Crippen molar-refractivity contribution in [1.82, 2.24) is 4.90 Å². The van der Waals surface area contributed by atoms with Gasteiger partial charge < -0.3 is 10.5 Å². The zero-order valence-electron chi connectivity index (χ0n) is 9.64. The van der Waals surface area contributed by atoms with Gasteiger partial charge in [-0.3, -0.25) is 4.79 Å². The van der Waals surface area contributed by atoms with Gasteiger partial charge in [0.15, 0.2) is 6.10 Å². The van der Waals surface area contributed by atoms with Crippen molar-refractivity contribution in [3.8, 4) is 0 Å². The lowest BCUT2D eigenvalue weighted by atomic mass is 10.1. The number of imide groups is 1. The van der Waals surface area contributed by atoms with Crippen molar-refractivity contribution in [3.05, 3.63) is 34.9 Å². The van der Waals surface area contributed by atoms with Crippen molar-refractivity contribution in [2.24, 2.45) is 5.73 Å². The molecule has 1 atom stereocenters. The van der Waals surface area contributed by atoms with Gasteiger partial charge in [-0.2, -0.15) is 0 Å². The fourth-order valence-corrected chi connectivity index (χ4v) is 2.04. The molecule has 2 amide bonds. The Hall–Kier alpha value is -1.59. The van der Waals surface area contributed by atoms with Gasteiger partial charge in [0.2, 0.25) is 0 Å². The fraction of sp³-hybridized carbons (Fsp3) is 0.333. The number of ether oxygens (including phenoxy) is 1. The Balaban J connectivity index is 2.10. The average Bonchev–Trinajstić information content (AvgIpc) is 2.60. The van der Waals surface area contributed by atoms with E-state index in [4.69, 9.17) is 22.1 Å². The van der Waals surface area contributed by atoms with Gasteiger partial charge in [-0.05, 0) is 11.6 Å². The van der Waals surface area contributed by atoms with Gasteiger partial charge in [0, 0.05) is 24.5 Å². The van der Waals surface area contributed by atoms with E-state index >= 15 is 0 Å². The van der Waals surface area contributed by atoms with Crippen molar-refractivity contribution in [2.75, 3.05) is 13.1 Å². The molecule has 0 unspecified atom stereocenters. The highest BCUT2D eigenvalue weighted by molar-refractivity contribution is 6.31. The minimum atomic E-state index is -0.802. The second-order valence-corrected chi connectivity index (χ2v) is 4.35. The lowest BCUT2D eigenvalue weighted by Crippen LogP contribution is -2.36. The molecule has 0 radical (unpaired) electrons. The summed E-state index contributed by atoms with van der Waals surface area (Å²) in [4.78, 5) is 24.4. The predicted molar refractivity (Wildman–Crippen MR) is 66.2 cm³/mol. The third-order valence-corrected chi connectivity index (χ3v) is 3.09. The standard InChI is InChI=1S/C12H13ClN2O3/c13-9-4-2-1-3-8(9)7-10-11(16)15(6-5-14)12(17)18-10/h1-4,10H,5-7,14H2/t10-/m0/s1. The van der Waals surface area contributed by atoms with E-state index in [1.54, 1.807) is 18.2 Å². The summed E-state index contributed by atoms with van der Waals surface area (Å²) in [5.74, 6) is -0.356. The molecule has 5 nitrogen and oxygen atoms in total. The summed E-state index contributed by atoms with van der Waals surface area (Å²) in [7, 11) is 0. The number of amides is 2. The van der Waals surface area contributed by atoms with Gasteiger partial charge in [0.05, 0.1) is 0 Å². The van der Waals surface area contributed by atoms with Crippen LogP contribution >= 0.6 is 11.6 Å². The molecule has 2 N–H and O–H groups in total. The summed E-state index contributed by atoms with van der Waals surface area (Å²) in [5, 5.41) is 0.554. The topological polar surface area (TPSA) is 72.6 Å². The van der Waals surface area contributed by atoms with Gasteiger partial charge >= 0.3 is 6.09 Å². The van der Waals surface area contributed by atoms with E-state index < -0.39 is 12.2 Å². The van der Waals surface area contributed by atoms with E-state index in [0.29, 0.717) is 5.02 Å². The summed E-state index contributed by atoms with van der Waals surface area (Å²) < 4.78 is 5.02. The molecule has 18 heavy (non-hydrogen) atoms. The van der Waals surface area contributed by atoms with E-state index in [9.17, 15) is 9.59 Å². The molecule has 0 aliphatic carbocycles. The number of benzene rings is 1. The summed E-state index contributed by atoms with van der Waals surface area (Å²) >= 11 is 6.00. The third-order valence-electron chi connectivity index (χ3n) is 2.72. The molecule has 2 rings (SSSR count). The van der Waals surface area contributed by atoms with Crippen LogP contribution in [0.25, 0.3) is 0 Å². The fourth-order valence-electron chi connectivity index (χ4n) is 1.82. The molecule has 6 heteroatoms. The number of nitrogens with two attached hydrogens (primary N) is 1. The smallest absolute Gasteiger partial charge is 0.417 e. The molecule has 1 aromatic carbocycles. The molecule has 1 fully saturated rings. The molecule has 0 spiro atoms. The zero-order valence-corrected chi connectivity index (χ0v) is 10.4. The third kappa shape index (κ3) is 2.47. The van der Waals surface area contributed by atoms with E-state index in [0.717, 1.165) is 10.5 Å². The number of hydrogen-bond donors (Lipinski definition) is 1. The molecule has 1 saturated heterocycles. The van der Waals surface area contributed by atoms with E-state index in [1.165, 1.54) is 0 Å². The van der Waals surface area contributed by atoms with E-state index in [2.05, 4.69) is 0 Å². The molecule has 1 aliphatic heterocycles. The molecule has 0 aromatic heterocycles. The number of carbonyl (C=O) groups is 2. The zero-order chi connectivity index (χ0) is 13.1. The monoisotopic (exact) mass is 268 g/mol. The second-order valence-electron chi connectivity index (χ2n) is 3.95. The van der Waals surface area contributed by atoms with Gasteiger partial charge in [-0.25, -0.2) is 9.69 Å². The van der Waals surface area contributed by atoms with Crippen LogP contribution in [0.4, 0.5) is 4.79 Å². The first-order valence-corrected chi connectivity index (χ1v) is 5.96. The molecule has 1 aromatic rings. The Morgan fingerprint density at radius 3 is 2.72 bits per heavy atom. The number of halogens is 1.